The minimum Gasteiger partial charge on any atom is -0.544 e. The van der Waals surface area contributed by atoms with Crippen LogP contribution in [-0.4, -0.2) is 28.0 Å². The zero-order chi connectivity index (χ0) is 27.0. The Bertz CT molecular complexity index is 776. The van der Waals surface area contributed by atoms with Crippen molar-refractivity contribution in [2.24, 2.45) is 21.7 Å². The highest BCUT2D eigenvalue weighted by Gasteiger charge is 2.63. The Morgan fingerprint density at radius 3 is 0.882 bits per heavy atom. The van der Waals surface area contributed by atoms with E-state index in [0.29, 0.717) is 11.3 Å². The Kier molecular flexibility index (Phi) is 8.09. The smallest absolute Gasteiger partial charge is 0.242 e. The SMILES string of the molecule is CC(C)(C)C1=C(O[Si](C)(C)C)P2[C@H](C(C)(C)C)C(C(C)(C)C)=C(O[Si](C)(C)C)P2[C@@H]1C(C)(C)C. The summed E-state index contributed by atoms with van der Waals surface area (Å²) in [6, 6.07) is 0. The maximum absolute atomic E-state index is 7.23. The Morgan fingerprint density at radius 1 is 0.500 bits per heavy atom. The predicted octanol–water partition coefficient (Wildman–Crippen LogP) is 10.9. The fraction of sp³-hybridized carbons (Fsp3) is 0.857. The molecule has 0 saturated heterocycles. The molecule has 0 aromatic carbocycles. The zero-order valence-corrected chi connectivity index (χ0v) is 29.7. The summed E-state index contributed by atoms with van der Waals surface area (Å²) >= 11 is 0. The third-order valence-corrected chi connectivity index (χ3v) is 17.1. The van der Waals surface area contributed by atoms with E-state index in [1.54, 1.807) is 11.1 Å². The van der Waals surface area contributed by atoms with Crippen LogP contribution in [0.3, 0.4) is 0 Å². The first-order valence-corrected chi connectivity index (χ1v) is 23.5. The molecule has 4 atom stereocenters. The fourth-order valence-corrected chi connectivity index (χ4v) is 21.8. The van der Waals surface area contributed by atoms with E-state index in [1.807, 2.05) is 0 Å². The van der Waals surface area contributed by atoms with Gasteiger partial charge in [-0.2, -0.15) is 0 Å². The van der Waals surface area contributed by atoms with Gasteiger partial charge < -0.3 is 8.85 Å². The standard InChI is InChI=1S/C28H56O2P2Si2/c1-25(2,3)19-21(27(7,8)9)31-24(30-34(16,17)18)20(26(4,5)6)22(28(10,11)12)32(31)23(19)29-33(13,14)15/h21-22H,1-18H3/t21-,22-,31?,32?/m0/s1. The summed E-state index contributed by atoms with van der Waals surface area (Å²) in [5.74, 6) is 0. The number of rotatable bonds is 4. The van der Waals surface area contributed by atoms with Gasteiger partial charge in [-0.05, 0) is 72.1 Å². The Balaban J connectivity index is 3.05. The maximum Gasteiger partial charge on any atom is 0.242 e. The molecule has 2 aliphatic rings. The number of fused-ring (bicyclic) bond motifs is 1. The van der Waals surface area contributed by atoms with Crippen LogP contribution in [0.25, 0.3) is 0 Å². The van der Waals surface area contributed by atoms with E-state index >= 15 is 0 Å². The highest BCUT2D eigenvalue weighted by Crippen LogP contribution is 2.95. The van der Waals surface area contributed by atoms with Crippen LogP contribution in [0.5, 0.6) is 0 Å². The van der Waals surface area contributed by atoms with Gasteiger partial charge in [-0.1, -0.05) is 83.1 Å². The van der Waals surface area contributed by atoms with Gasteiger partial charge in [-0.15, -0.1) is 0 Å². The largest absolute Gasteiger partial charge is 0.544 e. The molecule has 2 nitrogen and oxygen atoms in total. The molecular weight excluding hydrogens is 486 g/mol. The molecule has 198 valence electrons. The van der Waals surface area contributed by atoms with Crippen molar-refractivity contribution in [3.63, 3.8) is 0 Å². The molecule has 0 aliphatic carbocycles. The monoisotopic (exact) mass is 542 g/mol. The molecular formula is C28H56O2P2Si2. The molecule has 6 heteroatoms. The first kappa shape index (κ1) is 30.6. The number of hydrogen-bond donors (Lipinski definition) is 0. The number of hydrogen-bond acceptors (Lipinski definition) is 2. The second-order valence-corrected chi connectivity index (χ2v) is 31.3. The van der Waals surface area contributed by atoms with E-state index in [9.17, 15) is 0 Å². The van der Waals surface area contributed by atoms with Crippen LogP contribution >= 0.6 is 15.2 Å². The Labute approximate surface area is 217 Å². The van der Waals surface area contributed by atoms with Crippen molar-refractivity contribution in [1.82, 2.24) is 0 Å². The molecule has 0 radical (unpaired) electrons. The summed E-state index contributed by atoms with van der Waals surface area (Å²) in [4.78, 5) is 0. The van der Waals surface area contributed by atoms with E-state index in [4.69, 9.17) is 8.85 Å². The van der Waals surface area contributed by atoms with E-state index < -0.39 is 31.9 Å². The normalized spacial score (nSPS) is 27.5. The highest BCUT2D eigenvalue weighted by molar-refractivity contribution is 8.35. The van der Waals surface area contributed by atoms with Gasteiger partial charge >= 0.3 is 0 Å². The van der Waals surface area contributed by atoms with Gasteiger partial charge in [-0.25, -0.2) is 0 Å². The molecule has 2 rings (SSSR count). The zero-order valence-electron chi connectivity index (χ0n) is 25.9. The summed E-state index contributed by atoms with van der Waals surface area (Å²) in [6.07, 6.45) is 0. The van der Waals surface area contributed by atoms with Crippen LogP contribution in [0, 0.1) is 21.7 Å². The van der Waals surface area contributed by atoms with Gasteiger partial charge in [0.25, 0.3) is 0 Å². The molecule has 0 N–H and O–H groups in total. The molecule has 0 saturated carbocycles. The van der Waals surface area contributed by atoms with Gasteiger partial charge in [0, 0.05) is 26.5 Å². The van der Waals surface area contributed by atoms with Crippen molar-refractivity contribution < 1.29 is 8.85 Å². The van der Waals surface area contributed by atoms with E-state index in [0.717, 1.165) is 0 Å². The van der Waals surface area contributed by atoms with Gasteiger partial charge in [0.2, 0.25) is 16.6 Å². The van der Waals surface area contributed by atoms with E-state index in [2.05, 4.69) is 122 Å². The van der Waals surface area contributed by atoms with E-state index in [1.165, 1.54) is 11.0 Å². The van der Waals surface area contributed by atoms with Gasteiger partial charge in [0.1, 0.15) is 11.0 Å². The average Bonchev–Trinajstić information content (AvgIpc) is 2.96. The third kappa shape index (κ3) is 6.43. The lowest BCUT2D eigenvalue weighted by Crippen LogP contribution is -2.35. The fourth-order valence-electron chi connectivity index (χ4n) is 5.25. The first-order chi connectivity index (χ1) is 14.7. The van der Waals surface area contributed by atoms with Gasteiger partial charge in [-0.3, -0.25) is 0 Å². The van der Waals surface area contributed by atoms with Crippen LogP contribution in [0.1, 0.15) is 83.1 Å². The van der Waals surface area contributed by atoms with Crippen LogP contribution in [0.4, 0.5) is 0 Å². The van der Waals surface area contributed by atoms with Crippen LogP contribution in [0.2, 0.25) is 39.3 Å². The summed E-state index contributed by atoms with van der Waals surface area (Å²) < 4.78 is 14.5. The minimum absolute atomic E-state index is 0.0799. The van der Waals surface area contributed by atoms with Gasteiger partial charge in [0.15, 0.2) is 0 Å². The molecule has 2 aliphatic heterocycles. The van der Waals surface area contributed by atoms with Crippen LogP contribution in [0.15, 0.2) is 22.1 Å². The second kappa shape index (κ2) is 8.99. The molecule has 2 unspecified atom stereocenters. The van der Waals surface area contributed by atoms with Crippen molar-refractivity contribution >= 4 is 31.9 Å². The molecule has 0 fully saturated rings. The van der Waals surface area contributed by atoms with E-state index in [-0.39, 0.29) is 21.7 Å². The molecule has 0 aromatic rings. The Morgan fingerprint density at radius 2 is 0.735 bits per heavy atom. The van der Waals surface area contributed by atoms with Crippen molar-refractivity contribution in [2.45, 2.75) is 134 Å². The molecule has 0 amide bonds. The van der Waals surface area contributed by atoms with Crippen molar-refractivity contribution in [3.05, 3.63) is 22.1 Å². The molecule has 0 spiro atoms. The Hall–Kier alpha value is 0.374. The second-order valence-electron chi connectivity index (χ2n) is 16.6. The third-order valence-electron chi connectivity index (χ3n) is 6.21. The lowest BCUT2D eigenvalue weighted by Gasteiger charge is -2.41. The molecule has 2 heterocycles. The lowest BCUT2D eigenvalue weighted by atomic mass is 9.76. The average molecular weight is 543 g/mol. The maximum atomic E-state index is 7.23. The summed E-state index contributed by atoms with van der Waals surface area (Å²) in [6.45, 7) is 43.5. The molecule has 0 aromatic heterocycles. The predicted molar refractivity (Wildman–Crippen MR) is 162 cm³/mol. The van der Waals surface area contributed by atoms with Crippen LogP contribution < -0.4 is 0 Å². The van der Waals surface area contributed by atoms with Crippen molar-refractivity contribution in [1.29, 1.82) is 0 Å². The van der Waals surface area contributed by atoms with Gasteiger partial charge in [0.05, 0.1) is 0 Å². The highest BCUT2D eigenvalue weighted by atomic mass is 32.1. The summed E-state index contributed by atoms with van der Waals surface area (Å²) in [5, 5.41) is 0. The molecule has 0 bridgehead atoms. The van der Waals surface area contributed by atoms with Crippen molar-refractivity contribution in [3.8, 4) is 0 Å². The number of allylic oxidation sites excluding steroid dienone is 2. The quantitative estimate of drug-likeness (QED) is 0.260. The minimum atomic E-state index is -1.80. The summed E-state index contributed by atoms with van der Waals surface area (Å²) in [7, 11) is -4.59. The molecule has 34 heavy (non-hydrogen) atoms. The topological polar surface area (TPSA) is 18.5 Å². The van der Waals surface area contributed by atoms with Crippen LogP contribution in [-0.2, 0) is 8.85 Å². The first-order valence-electron chi connectivity index (χ1n) is 13.1. The lowest BCUT2D eigenvalue weighted by molar-refractivity contribution is 0.331. The summed E-state index contributed by atoms with van der Waals surface area (Å²) in [5.41, 5.74) is 7.52. The van der Waals surface area contributed by atoms with Crippen molar-refractivity contribution in [2.75, 3.05) is 0 Å².